The molecule has 1 aromatic rings. The van der Waals surface area contributed by atoms with Gasteiger partial charge < -0.3 is 9.80 Å². The summed E-state index contributed by atoms with van der Waals surface area (Å²) in [5.74, 6) is -0.000561. The second-order valence-corrected chi connectivity index (χ2v) is 10.8. The van der Waals surface area contributed by atoms with Crippen LogP contribution in [0.4, 0.5) is 5.69 Å². The number of sulfonamides is 1. The highest BCUT2D eigenvalue weighted by Gasteiger charge is 2.43. The summed E-state index contributed by atoms with van der Waals surface area (Å²) >= 11 is 0. The van der Waals surface area contributed by atoms with Crippen molar-refractivity contribution in [3.63, 3.8) is 0 Å². The van der Waals surface area contributed by atoms with E-state index in [0.29, 0.717) is 24.0 Å². The van der Waals surface area contributed by atoms with Crippen molar-refractivity contribution >= 4 is 21.6 Å². The molecule has 1 amide bonds. The maximum Gasteiger partial charge on any atom is 0.243 e. The van der Waals surface area contributed by atoms with Crippen LogP contribution in [0.2, 0.25) is 0 Å². The molecule has 2 fully saturated rings. The second kappa shape index (κ2) is 7.11. The minimum Gasteiger partial charge on any atom is -0.314 e. The van der Waals surface area contributed by atoms with Gasteiger partial charge in [-0.25, -0.2) is 8.42 Å². The Hall–Kier alpha value is -1.44. The summed E-state index contributed by atoms with van der Waals surface area (Å²) < 4.78 is 28.1. The summed E-state index contributed by atoms with van der Waals surface area (Å²) in [5.41, 5.74) is 0.902. The molecule has 3 aliphatic heterocycles. The number of amides is 1. The number of likely N-dealkylation sites (N-methyl/N-ethyl adjacent to an activating group) is 1. The standard InChI is InChI=1S/C21H31N3O3S/c1-21(2)18-15-17(7-8-19(18)22(3)20(21)25)28(26,27)24-13-9-16(10-14-24)23-11-5-4-6-12-23/h7-8,15-16H,4-6,9-14H2,1-3H3. The molecule has 3 aliphatic rings. The van der Waals surface area contributed by atoms with E-state index in [0.717, 1.165) is 37.2 Å². The first-order valence-electron chi connectivity index (χ1n) is 10.4. The number of hydrogen-bond donors (Lipinski definition) is 0. The third-order valence-electron chi connectivity index (χ3n) is 6.81. The molecule has 0 atom stereocenters. The van der Waals surface area contributed by atoms with E-state index in [-0.39, 0.29) is 5.91 Å². The Morgan fingerprint density at radius 2 is 1.64 bits per heavy atom. The minimum atomic E-state index is -3.54. The number of fused-ring (bicyclic) bond motifs is 1. The molecular weight excluding hydrogens is 374 g/mol. The number of hydrogen-bond acceptors (Lipinski definition) is 4. The molecule has 0 aliphatic carbocycles. The third kappa shape index (κ3) is 3.17. The van der Waals surface area contributed by atoms with Gasteiger partial charge in [0.2, 0.25) is 15.9 Å². The smallest absolute Gasteiger partial charge is 0.243 e. The number of benzene rings is 1. The molecule has 6 nitrogen and oxygen atoms in total. The normalized spacial score (nSPS) is 24.5. The number of carbonyl (C=O) groups excluding carboxylic acids is 1. The van der Waals surface area contributed by atoms with Gasteiger partial charge in [0.25, 0.3) is 0 Å². The van der Waals surface area contributed by atoms with E-state index in [4.69, 9.17) is 0 Å². The predicted octanol–water partition coefficient (Wildman–Crippen LogP) is 2.58. The number of likely N-dealkylation sites (tertiary alicyclic amines) is 1. The van der Waals surface area contributed by atoms with Crippen molar-refractivity contribution < 1.29 is 13.2 Å². The van der Waals surface area contributed by atoms with Gasteiger partial charge in [-0.05, 0) is 76.4 Å². The van der Waals surface area contributed by atoms with E-state index in [9.17, 15) is 13.2 Å². The van der Waals surface area contributed by atoms with Crippen LogP contribution in [-0.2, 0) is 20.2 Å². The molecule has 154 valence electrons. The summed E-state index contributed by atoms with van der Waals surface area (Å²) in [6.07, 6.45) is 5.64. The molecule has 0 spiro atoms. The van der Waals surface area contributed by atoms with Crippen LogP contribution in [0, 0.1) is 0 Å². The summed E-state index contributed by atoms with van der Waals surface area (Å²) in [7, 11) is -1.79. The van der Waals surface area contributed by atoms with Crippen molar-refractivity contribution in [1.82, 2.24) is 9.21 Å². The van der Waals surface area contributed by atoms with Crippen LogP contribution >= 0.6 is 0 Å². The van der Waals surface area contributed by atoms with Gasteiger partial charge in [0.1, 0.15) is 0 Å². The number of piperidine rings is 2. The van der Waals surface area contributed by atoms with Crippen molar-refractivity contribution in [3.8, 4) is 0 Å². The van der Waals surface area contributed by atoms with Gasteiger partial charge in [0, 0.05) is 31.9 Å². The SMILES string of the molecule is CN1C(=O)C(C)(C)c2cc(S(=O)(=O)N3CCC(N4CCCCC4)CC3)ccc21. The fraction of sp³-hybridized carbons (Fsp3) is 0.667. The van der Waals surface area contributed by atoms with Crippen molar-refractivity contribution in [2.45, 2.75) is 62.3 Å². The molecule has 7 heteroatoms. The molecule has 0 saturated carbocycles. The third-order valence-corrected chi connectivity index (χ3v) is 8.70. The van der Waals surface area contributed by atoms with E-state index >= 15 is 0 Å². The van der Waals surface area contributed by atoms with Crippen LogP contribution in [0.5, 0.6) is 0 Å². The summed E-state index contributed by atoms with van der Waals surface area (Å²) in [6, 6.07) is 5.64. The van der Waals surface area contributed by atoms with Gasteiger partial charge in [0.15, 0.2) is 0 Å². The Bertz CT molecular complexity index is 867. The topological polar surface area (TPSA) is 60.9 Å². The molecule has 3 heterocycles. The summed E-state index contributed by atoms with van der Waals surface area (Å²) in [4.78, 5) is 17.0. The molecule has 28 heavy (non-hydrogen) atoms. The summed E-state index contributed by atoms with van der Waals surface area (Å²) in [5, 5.41) is 0. The van der Waals surface area contributed by atoms with E-state index in [1.807, 2.05) is 13.8 Å². The molecule has 1 aromatic carbocycles. The maximum absolute atomic E-state index is 13.3. The van der Waals surface area contributed by atoms with E-state index in [2.05, 4.69) is 4.90 Å². The zero-order valence-electron chi connectivity index (χ0n) is 17.1. The first kappa shape index (κ1) is 19.9. The van der Waals surface area contributed by atoms with Gasteiger partial charge in [-0.2, -0.15) is 4.31 Å². The molecule has 0 bridgehead atoms. The van der Waals surface area contributed by atoms with Crippen molar-refractivity contribution in [3.05, 3.63) is 23.8 Å². The lowest BCUT2D eigenvalue weighted by Crippen LogP contribution is -2.48. The average Bonchev–Trinajstić information content (AvgIpc) is 2.89. The number of anilines is 1. The van der Waals surface area contributed by atoms with Gasteiger partial charge >= 0.3 is 0 Å². The Morgan fingerprint density at radius 3 is 2.29 bits per heavy atom. The Balaban J connectivity index is 1.52. The van der Waals surface area contributed by atoms with E-state index in [1.54, 1.807) is 34.5 Å². The first-order valence-corrected chi connectivity index (χ1v) is 11.8. The van der Waals surface area contributed by atoms with Gasteiger partial charge in [-0.3, -0.25) is 4.79 Å². The quantitative estimate of drug-likeness (QED) is 0.776. The molecule has 0 radical (unpaired) electrons. The lowest BCUT2D eigenvalue weighted by atomic mass is 9.86. The highest BCUT2D eigenvalue weighted by molar-refractivity contribution is 7.89. The monoisotopic (exact) mass is 405 g/mol. The van der Waals surface area contributed by atoms with Crippen LogP contribution in [-0.4, -0.2) is 62.8 Å². The van der Waals surface area contributed by atoms with Gasteiger partial charge in [-0.1, -0.05) is 6.42 Å². The fourth-order valence-corrected chi connectivity index (χ4v) is 6.49. The minimum absolute atomic E-state index is 0.000561. The van der Waals surface area contributed by atoms with Gasteiger partial charge in [-0.15, -0.1) is 0 Å². The lowest BCUT2D eigenvalue weighted by molar-refractivity contribution is -0.121. The number of carbonyl (C=O) groups is 1. The number of nitrogens with zero attached hydrogens (tertiary/aromatic N) is 3. The zero-order valence-corrected chi connectivity index (χ0v) is 18.0. The second-order valence-electron chi connectivity index (χ2n) is 8.90. The largest absolute Gasteiger partial charge is 0.314 e. The highest BCUT2D eigenvalue weighted by Crippen LogP contribution is 2.42. The Kier molecular flexibility index (Phi) is 5.04. The fourth-order valence-electron chi connectivity index (χ4n) is 4.99. The van der Waals surface area contributed by atoms with Crippen molar-refractivity contribution in [1.29, 1.82) is 0 Å². The average molecular weight is 406 g/mol. The van der Waals surface area contributed by atoms with Crippen LogP contribution in [0.3, 0.4) is 0 Å². The molecular formula is C21H31N3O3S. The highest BCUT2D eigenvalue weighted by atomic mass is 32.2. The predicted molar refractivity (Wildman–Crippen MR) is 110 cm³/mol. The molecule has 2 saturated heterocycles. The van der Waals surface area contributed by atoms with Gasteiger partial charge in [0.05, 0.1) is 10.3 Å². The lowest BCUT2D eigenvalue weighted by Gasteiger charge is -2.39. The Morgan fingerprint density at radius 1 is 1.00 bits per heavy atom. The van der Waals surface area contributed by atoms with Crippen molar-refractivity contribution in [2.24, 2.45) is 0 Å². The van der Waals surface area contributed by atoms with E-state index < -0.39 is 15.4 Å². The maximum atomic E-state index is 13.3. The van der Waals surface area contributed by atoms with Crippen molar-refractivity contribution in [2.75, 3.05) is 38.1 Å². The van der Waals surface area contributed by atoms with Crippen LogP contribution in [0.15, 0.2) is 23.1 Å². The molecule has 0 aromatic heterocycles. The van der Waals surface area contributed by atoms with Crippen LogP contribution in [0.25, 0.3) is 0 Å². The number of rotatable bonds is 3. The first-order chi connectivity index (χ1) is 13.2. The molecule has 0 unspecified atom stereocenters. The Labute approximate surface area is 168 Å². The van der Waals surface area contributed by atoms with E-state index in [1.165, 1.54) is 19.3 Å². The molecule has 0 N–H and O–H groups in total. The van der Waals surface area contributed by atoms with Crippen LogP contribution < -0.4 is 4.90 Å². The van der Waals surface area contributed by atoms with Crippen LogP contribution in [0.1, 0.15) is 51.5 Å². The summed E-state index contributed by atoms with van der Waals surface area (Å²) in [6.45, 7) is 7.17. The molecule has 4 rings (SSSR count). The zero-order chi connectivity index (χ0) is 20.1.